The van der Waals surface area contributed by atoms with Gasteiger partial charge in [0.15, 0.2) is 5.82 Å². The zero-order valence-electron chi connectivity index (χ0n) is 19.4. The van der Waals surface area contributed by atoms with Crippen molar-refractivity contribution in [2.24, 2.45) is 0 Å². The molecular formula is C24H29N9O. The Hall–Kier alpha value is -3.71. The summed E-state index contributed by atoms with van der Waals surface area (Å²) in [5.74, 6) is 2.12. The number of hydrogen-bond acceptors (Lipinski definition) is 8. The van der Waals surface area contributed by atoms with Crippen molar-refractivity contribution in [2.75, 3.05) is 49.5 Å². The summed E-state index contributed by atoms with van der Waals surface area (Å²) in [4.78, 5) is 30.6. The third-order valence-corrected chi connectivity index (χ3v) is 6.39. The standard InChI is InChI=1S/C24H29N9O/c1-17-4-5-21-27-14-19(33(21)15-17)24-29-20(13-22(30-24)31-11-8-26-9-12-31)28-18-3-2-10-32(16-18)23(34)6-7-25/h4-5,13-15,18,26H,2-3,6,8-12,16H2,1H3,(H,28,29,30)/t18-/m1/s1. The third kappa shape index (κ3) is 4.65. The van der Waals surface area contributed by atoms with Gasteiger partial charge in [-0.1, -0.05) is 6.07 Å². The average molecular weight is 460 g/mol. The maximum absolute atomic E-state index is 12.2. The lowest BCUT2D eigenvalue weighted by molar-refractivity contribution is -0.131. The predicted molar refractivity (Wildman–Crippen MR) is 129 cm³/mol. The highest BCUT2D eigenvalue weighted by Gasteiger charge is 2.25. The van der Waals surface area contributed by atoms with Crippen LogP contribution in [0.5, 0.6) is 0 Å². The molecular weight excluding hydrogens is 430 g/mol. The SMILES string of the molecule is Cc1ccc2ncc(-c3nc(N[C@@H]4CCCN(C(=O)CC#N)C4)cc(N4CCNCC4)n3)n2c1. The lowest BCUT2D eigenvalue weighted by Gasteiger charge is -2.33. The average Bonchev–Trinajstić information content (AvgIpc) is 3.28. The van der Waals surface area contributed by atoms with Crippen LogP contribution in [0, 0.1) is 18.3 Å². The molecule has 34 heavy (non-hydrogen) atoms. The number of carbonyl (C=O) groups excluding carboxylic acids is 1. The largest absolute Gasteiger partial charge is 0.365 e. The molecule has 2 aliphatic rings. The Morgan fingerprint density at radius 2 is 2.12 bits per heavy atom. The van der Waals surface area contributed by atoms with Gasteiger partial charge in [0.2, 0.25) is 5.91 Å². The Morgan fingerprint density at radius 3 is 2.94 bits per heavy atom. The van der Waals surface area contributed by atoms with Gasteiger partial charge in [0, 0.05) is 57.6 Å². The second-order valence-corrected chi connectivity index (χ2v) is 8.91. The Morgan fingerprint density at radius 1 is 1.26 bits per heavy atom. The van der Waals surface area contributed by atoms with Crippen LogP contribution in [0.25, 0.3) is 17.2 Å². The van der Waals surface area contributed by atoms with E-state index in [2.05, 4.69) is 27.4 Å². The lowest BCUT2D eigenvalue weighted by Crippen LogP contribution is -2.45. The molecule has 0 spiro atoms. The van der Waals surface area contributed by atoms with Gasteiger partial charge in [-0.2, -0.15) is 5.26 Å². The summed E-state index contributed by atoms with van der Waals surface area (Å²) >= 11 is 0. The third-order valence-electron chi connectivity index (χ3n) is 6.39. The number of hydrogen-bond donors (Lipinski definition) is 2. The molecule has 0 aliphatic carbocycles. The van der Waals surface area contributed by atoms with Crippen molar-refractivity contribution in [1.82, 2.24) is 29.6 Å². The van der Waals surface area contributed by atoms with Crippen LogP contribution in [0.4, 0.5) is 11.6 Å². The van der Waals surface area contributed by atoms with Gasteiger partial charge in [-0.3, -0.25) is 9.20 Å². The number of nitriles is 1. The highest BCUT2D eigenvalue weighted by molar-refractivity contribution is 5.78. The number of rotatable bonds is 5. The molecule has 2 N–H and O–H groups in total. The number of imidazole rings is 1. The topological polar surface area (TPSA) is 114 Å². The maximum atomic E-state index is 12.2. The first-order chi connectivity index (χ1) is 16.6. The Labute approximate surface area is 198 Å². The number of aromatic nitrogens is 4. The Kier molecular flexibility index (Phi) is 6.27. The molecule has 10 nitrogen and oxygen atoms in total. The fourth-order valence-corrected chi connectivity index (χ4v) is 4.64. The van der Waals surface area contributed by atoms with Crippen molar-refractivity contribution in [3.8, 4) is 17.6 Å². The van der Waals surface area contributed by atoms with Gasteiger partial charge in [0.25, 0.3) is 0 Å². The molecule has 1 atom stereocenters. The lowest BCUT2D eigenvalue weighted by atomic mass is 10.1. The van der Waals surface area contributed by atoms with Crippen LogP contribution >= 0.6 is 0 Å². The zero-order valence-corrected chi connectivity index (χ0v) is 19.4. The van der Waals surface area contributed by atoms with E-state index in [1.807, 2.05) is 41.1 Å². The molecule has 0 aromatic carbocycles. The van der Waals surface area contributed by atoms with Crippen molar-refractivity contribution >= 4 is 23.2 Å². The molecule has 176 valence electrons. The second-order valence-electron chi connectivity index (χ2n) is 8.91. The van der Waals surface area contributed by atoms with Gasteiger partial charge in [0.1, 0.15) is 29.4 Å². The summed E-state index contributed by atoms with van der Waals surface area (Å²) in [6.07, 6.45) is 5.62. The number of nitrogens with zero attached hydrogens (tertiary/aromatic N) is 7. The number of carbonyl (C=O) groups is 1. The molecule has 2 saturated heterocycles. The number of piperidine rings is 1. The van der Waals surface area contributed by atoms with E-state index in [0.717, 1.165) is 67.6 Å². The molecule has 5 rings (SSSR count). The van der Waals surface area contributed by atoms with E-state index in [1.54, 1.807) is 4.90 Å². The number of pyridine rings is 1. The molecule has 0 saturated carbocycles. The summed E-state index contributed by atoms with van der Waals surface area (Å²) in [5.41, 5.74) is 2.83. The number of piperazine rings is 1. The van der Waals surface area contributed by atoms with Gasteiger partial charge in [-0.25, -0.2) is 15.0 Å². The summed E-state index contributed by atoms with van der Waals surface area (Å²) < 4.78 is 2.03. The van der Waals surface area contributed by atoms with E-state index in [0.29, 0.717) is 18.9 Å². The van der Waals surface area contributed by atoms with Crippen molar-refractivity contribution in [1.29, 1.82) is 5.26 Å². The maximum Gasteiger partial charge on any atom is 0.236 e. The van der Waals surface area contributed by atoms with Crippen molar-refractivity contribution in [3.05, 3.63) is 36.2 Å². The molecule has 2 fully saturated rings. The highest BCUT2D eigenvalue weighted by Crippen LogP contribution is 2.25. The summed E-state index contributed by atoms with van der Waals surface area (Å²) in [6, 6.07) is 8.07. The van der Waals surface area contributed by atoms with Crippen LogP contribution < -0.4 is 15.5 Å². The predicted octanol–water partition coefficient (Wildman–Crippen LogP) is 1.83. The summed E-state index contributed by atoms with van der Waals surface area (Å²) in [5, 5.41) is 15.8. The van der Waals surface area contributed by atoms with Crippen LogP contribution in [0.2, 0.25) is 0 Å². The van der Waals surface area contributed by atoms with Gasteiger partial charge in [-0.05, 0) is 31.4 Å². The number of aryl methyl sites for hydroxylation is 1. The van der Waals surface area contributed by atoms with E-state index in [4.69, 9.17) is 15.2 Å². The van der Waals surface area contributed by atoms with Crippen molar-refractivity contribution in [3.63, 3.8) is 0 Å². The fourth-order valence-electron chi connectivity index (χ4n) is 4.64. The summed E-state index contributed by atoms with van der Waals surface area (Å²) in [6.45, 7) is 6.89. The minimum Gasteiger partial charge on any atom is -0.365 e. The smallest absolute Gasteiger partial charge is 0.236 e. The minimum absolute atomic E-state index is 0.0689. The molecule has 0 bridgehead atoms. The van der Waals surface area contributed by atoms with Crippen LogP contribution in [0.3, 0.4) is 0 Å². The van der Waals surface area contributed by atoms with Crippen LogP contribution in [0.15, 0.2) is 30.6 Å². The first kappa shape index (κ1) is 22.1. The summed E-state index contributed by atoms with van der Waals surface area (Å²) in [7, 11) is 0. The van der Waals surface area contributed by atoms with E-state index >= 15 is 0 Å². The number of likely N-dealkylation sites (tertiary alicyclic amines) is 1. The zero-order chi connectivity index (χ0) is 23.5. The molecule has 5 heterocycles. The molecule has 1 amide bonds. The molecule has 2 aliphatic heterocycles. The van der Waals surface area contributed by atoms with Gasteiger partial charge < -0.3 is 20.4 Å². The van der Waals surface area contributed by atoms with Gasteiger partial charge in [-0.15, -0.1) is 0 Å². The van der Waals surface area contributed by atoms with Crippen LogP contribution in [0.1, 0.15) is 24.8 Å². The number of anilines is 2. The number of amides is 1. The quantitative estimate of drug-likeness (QED) is 0.594. The molecule has 3 aromatic rings. The number of nitrogens with one attached hydrogen (secondary N) is 2. The van der Waals surface area contributed by atoms with Crippen LogP contribution in [-0.4, -0.2) is 75.5 Å². The van der Waals surface area contributed by atoms with E-state index in [9.17, 15) is 4.79 Å². The van der Waals surface area contributed by atoms with E-state index in [-0.39, 0.29) is 18.4 Å². The number of fused-ring (bicyclic) bond motifs is 1. The monoisotopic (exact) mass is 459 g/mol. The molecule has 0 radical (unpaired) electrons. The van der Waals surface area contributed by atoms with Crippen molar-refractivity contribution < 1.29 is 4.79 Å². The minimum atomic E-state index is -0.111. The van der Waals surface area contributed by atoms with Gasteiger partial charge in [0.05, 0.1) is 12.3 Å². The van der Waals surface area contributed by atoms with E-state index in [1.165, 1.54) is 0 Å². The first-order valence-corrected chi connectivity index (χ1v) is 11.8. The highest BCUT2D eigenvalue weighted by atomic mass is 16.2. The molecule has 10 heteroatoms. The Balaban J connectivity index is 1.47. The van der Waals surface area contributed by atoms with Crippen LogP contribution in [-0.2, 0) is 4.79 Å². The fraction of sp³-hybridized carbons (Fsp3) is 0.458. The van der Waals surface area contributed by atoms with E-state index < -0.39 is 0 Å². The molecule has 3 aromatic heterocycles. The Bertz CT molecular complexity index is 1220. The first-order valence-electron chi connectivity index (χ1n) is 11.8. The van der Waals surface area contributed by atoms with Crippen molar-refractivity contribution in [2.45, 2.75) is 32.2 Å². The normalized spacial score (nSPS) is 18.6. The molecule has 0 unspecified atom stereocenters. The second kappa shape index (κ2) is 9.65. The van der Waals surface area contributed by atoms with Gasteiger partial charge >= 0.3 is 0 Å².